The Labute approximate surface area is 154 Å². The Morgan fingerprint density at radius 3 is 2.22 bits per heavy atom. The van der Waals surface area contributed by atoms with E-state index in [9.17, 15) is 9.90 Å². The Balaban J connectivity index is 1.53. The van der Waals surface area contributed by atoms with Crippen LogP contribution in [0.25, 0.3) is 0 Å². The molecule has 3 aliphatic heterocycles. The molecule has 1 atom stereocenters. The fraction of sp³-hybridized carbons (Fsp3) is 0.250. The Morgan fingerprint density at radius 1 is 0.852 bits per heavy atom. The van der Waals surface area contributed by atoms with Crippen molar-refractivity contribution in [1.82, 2.24) is 0 Å². The topological polar surface area (TPSA) is 83.5 Å². The second kappa shape index (κ2) is 6.12. The van der Waals surface area contributed by atoms with E-state index >= 15 is 0 Å². The number of hydrogen-bond donors (Lipinski definition) is 1. The number of aliphatic hydroxyl groups is 1. The summed E-state index contributed by atoms with van der Waals surface area (Å²) in [6.45, 7) is 0.453. The van der Waals surface area contributed by atoms with Gasteiger partial charge < -0.3 is 28.8 Å². The number of carbonyl (C=O) groups excluding carboxylic acids is 1. The molecule has 0 saturated carbocycles. The number of aliphatic hydroxyl groups excluding tert-OH is 1. The van der Waals surface area contributed by atoms with Crippen molar-refractivity contribution in [3.05, 3.63) is 58.9 Å². The van der Waals surface area contributed by atoms with Crippen LogP contribution in [0.5, 0.6) is 23.0 Å². The molecule has 0 radical (unpaired) electrons. The van der Waals surface area contributed by atoms with Crippen LogP contribution in [0.4, 0.5) is 0 Å². The SMILES string of the molecule is O=C1OCC(C(Cc2ccc3c(c2)OCO3)c2ccc3c(c2)OCO3)=C1O. The average molecular weight is 368 g/mol. The van der Waals surface area contributed by atoms with Gasteiger partial charge >= 0.3 is 5.97 Å². The molecule has 1 N–H and O–H groups in total. The first-order valence-electron chi connectivity index (χ1n) is 8.56. The Morgan fingerprint density at radius 2 is 1.52 bits per heavy atom. The number of esters is 1. The average Bonchev–Trinajstić information content (AvgIpc) is 3.40. The van der Waals surface area contributed by atoms with Gasteiger partial charge in [-0.15, -0.1) is 0 Å². The molecule has 5 rings (SSSR count). The molecule has 3 heterocycles. The fourth-order valence-electron chi connectivity index (χ4n) is 3.55. The Kier molecular flexibility index (Phi) is 3.60. The highest BCUT2D eigenvalue weighted by molar-refractivity contribution is 5.89. The molecule has 1 unspecified atom stereocenters. The van der Waals surface area contributed by atoms with E-state index in [2.05, 4.69) is 0 Å². The summed E-state index contributed by atoms with van der Waals surface area (Å²) in [5.41, 5.74) is 2.44. The highest BCUT2D eigenvalue weighted by atomic mass is 16.7. The predicted molar refractivity (Wildman–Crippen MR) is 92.2 cm³/mol. The monoisotopic (exact) mass is 368 g/mol. The van der Waals surface area contributed by atoms with Gasteiger partial charge in [0.2, 0.25) is 19.3 Å². The summed E-state index contributed by atoms with van der Waals surface area (Å²) in [6.07, 6.45) is 0.548. The summed E-state index contributed by atoms with van der Waals surface area (Å²) >= 11 is 0. The van der Waals surface area contributed by atoms with Gasteiger partial charge in [0.25, 0.3) is 0 Å². The maximum atomic E-state index is 11.7. The van der Waals surface area contributed by atoms with Crippen LogP contribution in [-0.2, 0) is 16.0 Å². The summed E-state index contributed by atoms with van der Waals surface area (Å²) in [6, 6.07) is 11.3. The summed E-state index contributed by atoms with van der Waals surface area (Å²) < 4.78 is 26.7. The van der Waals surface area contributed by atoms with Crippen molar-refractivity contribution >= 4 is 5.97 Å². The molecule has 0 spiro atoms. The van der Waals surface area contributed by atoms with Gasteiger partial charge in [-0.25, -0.2) is 4.79 Å². The van der Waals surface area contributed by atoms with E-state index in [4.69, 9.17) is 23.7 Å². The Bertz CT molecular complexity index is 963. The summed E-state index contributed by atoms with van der Waals surface area (Å²) in [5.74, 6) is 1.45. The lowest BCUT2D eigenvalue weighted by molar-refractivity contribution is -0.138. The molecular formula is C20H16O7. The van der Waals surface area contributed by atoms with Crippen molar-refractivity contribution < 1.29 is 33.6 Å². The third kappa shape index (κ3) is 2.71. The van der Waals surface area contributed by atoms with E-state index in [1.54, 1.807) is 0 Å². The van der Waals surface area contributed by atoms with Gasteiger partial charge in [0, 0.05) is 11.5 Å². The largest absolute Gasteiger partial charge is 0.502 e. The quantitative estimate of drug-likeness (QED) is 0.831. The number of ether oxygens (including phenoxy) is 5. The zero-order valence-corrected chi connectivity index (χ0v) is 14.3. The van der Waals surface area contributed by atoms with E-state index in [1.165, 1.54) is 0 Å². The predicted octanol–water partition coefficient (Wildman–Crippen LogP) is 2.84. The number of cyclic esters (lactones) is 1. The summed E-state index contributed by atoms with van der Waals surface area (Å²) in [7, 11) is 0. The molecule has 2 aromatic carbocycles. The first-order valence-corrected chi connectivity index (χ1v) is 8.56. The van der Waals surface area contributed by atoms with E-state index in [0.717, 1.165) is 11.1 Å². The van der Waals surface area contributed by atoms with Crippen molar-refractivity contribution in [2.24, 2.45) is 0 Å². The molecular weight excluding hydrogens is 352 g/mol. The zero-order valence-electron chi connectivity index (χ0n) is 14.3. The molecule has 0 fully saturated rings. The van der Waals surface area contributed by atoms with Gasteiger partial charge in [-0.2, -0.15) is 0 Å². The minimum Gasteiger partial charge on any atom is -0.502 e. The van der Waals surface area contributed by atoms with Crippen LogP contribution < -0.4 is 18.9 Å². The van der Waals surface area contributed by atoms with Crippen LogP contribution in [0.15, 0.2) is 47.7 Å². The van der Waals surface area contributed by atoms with Crippen LogP contribution in [0.1, 0.15) is 17.0 Å². The van der Waals surface area contributed by atoms with Crippen LogP contribution >= 0.6 is 0 Å². The van der Waals surface area contributed by atoms with Gasteiger partial charge in [0.05, 0.1) is 0 Å². The molecule has 0 aromatic heterocycles. The molecule has 138 valence electrons. The molecule has 2 aromatic rings. The first kappa shape index (κ1) is 15.9. The van der Waals surface area contributed by atoms with Gasteiger partial charge in [-0.1, -0.05) is 12.1 Å². The standard InChI is InChI=1S/C20H16O7/c21-19-14(8-23-20(19)22)13(12-2-4-16-18(7-12)27-10-25-16)5-11-1-3-15-17(6-11)26-9-24-15/h1-4,6-7,13,21H,5,8-10H2. The summed E-state index contributed by atoms with van der Waals surface area (Å²) in [5, 5.41) is 10.2. The smallest absolute Gasteiger partial charge is 0.373 e. The molecule has 27 heavy (non-hydrogen) atoms. The van der Waals surface area contributed by atoms with E-state index in [0.29, 0.717) is 35.0 Å². The number of rotatable bonds is 4. The lowest BCUT2D eigenvalue weighted by atomic mass is 9.85. The number of hydrogen-bond acceptors (Lipinski definition) is 7. The second-order valence-electron chi connectivity index (χ2n) is 6.51. The van der Waals surface area contributed by atoms with Crippen molar-refractivity contribution in [3.63, 3.8) is 0 Å². The highest BCUT2D eigenvalue weighted by Gasteiger charge is 2.32. The molecule has 7 nitrogen and oxygen atoms in total. The molecule has 0 amide bonds. The maximum Gasteiger partial charge on any atom is 0.373 e. The van der Waals surface area contributed by atoms with Crippen LogP contribution in [0.3, 0.4) is 0 Å². The van der Waals surface area contributed by atoms with Crippen molar-refractivity contribution in [3.8, 4) is 23.0 Å². The third-order valence-electron chi connectivity index (χ3n) is 4.95. The number of fused-ring (bicyclic) bond motifs is 2. The second-order valence-corrected chi connectivity index (χ2v) is 6.51. The minimum atomic E-state index is -0.693. The van der Waals surface area contributed by atoms with Gasteiger partial charge in [0.15, 0.2) is 23.0 Å². The van der Waals surface area contributed by atoms with Gasteiger partial charge in [0.1, 0.15) is 6.61 Å². The van der Waals surface area contributed by atoms with Crippen molar-refractivity contribution in [2.45, 2.75) is 12.3 Å². The van der Waals surface area contributed by atoms with Crippen molar-refractivity contribution in [1.29, 1.82) is 0 Å². The normalized spacial score (nSPS) is 18.0. The molecule has 3 aliphatic rings. The van der Waals surface area contributed by atoms with Gasteiger partial charge in [-0.3, -0.25) is 0 Å². The van der Waals surface area contributed by atoms with Crippen LogP contribution in [0.2, 0.25) is 0 Å². The zero-order chi connectivity index (χ0) is 18.4. The highest BCUT2D eigenvalue weighted by Crippen LogP contribution is 2.40. The van der Waals surface area contributed by atoms with Crippen molar-refractivity contribution in [2.75, 3.05) is 20.2 Å². The third-order valence-corrected chi connectivity index (χ3v) is 4.95. The lowest BCUT2D eigenvalue weighted by Crippen LogP contribution is -2.09. The molecule has 0 bridgehead atoms. The van der Waals surface area contributed by atoms with E-state index in [-0.39, 0.29) is 31.9 Å². The molecule has 0 saturated heterocycles. The lowest BCUT2D eigenvalue weighted by Gasteiger charge is -2.19. The van der Waals surface area contributed by atoms with E-state index in [1.807, 2.05) is 36.4 Å². The number of benzene rings is 2. The molecule has 7 heteroatoms. The fourth-order valence-corrected chi connectivity index (χ4v) is 3.55. The van der Waals surface area contributed by atoms with E-state index < -0.39 is 5.97 Å². The van der Waals surface area contributed by atoms with Crippen LogP contribution in [-0.4, -0.2) is 31.3 Å². The Hall–Kier alpha value is -3.35. The summed E-state index contributed by atoms with van der Waals surface area (Å²) in [4.78, 5) is 11.7. The maximum absolute atomic E-state index is 11.7. The number of carbonyl (C=O) groups is 1. The molecule has 0 aliphatic carbocycles. The first-order chi connectivity index (χ1) is 13.2. The minimum absolute atomic E-state index is 0.0638. The van der Waals surface area contributed by atoms with Gasteiger partial charge in [-0.05, 0) is 41.8 Å². The van der Waals surface area contributed by atoms with Crippen LogP contribution in [0, 0.1) is 0 Å².